The van der Waals surface area contributed by atoms with Crippen molar-refractivity contribution in [2.75, 3.05) is 26.4 Å². The van der Waals surface area contributed by atoms with Crippen molar-refractivity contribution in [3.05, 3.63) is 23.0 Å². The summed E-state index contributed by atoms with van der Waals surface area (Å²) in [5, 5.41) is 4.68. The Hall–Kier alpha value is -0.210. The minimum Gasteiger partial charge on any atom is -0.309 e. The third-order valence-corrected chi connectivity index (χ3v) is 3.63. The van der Waals surface area contributed by atoms with Crippen molar-refractivity contribution < 1.29 is 0 Å². The zero-order chi connectivity index (χ0) is 8.10. The Kier molecular flexibility index (Phi) is 3.73. The lowest BCUT2D eigenvalue weighted by Gasteiger charge is -2.12. The van der Waals surface area contributed by atoms with Crippen LogP contribution < -0.4 is 0 Å². The van der Waals surface area contributed by atoms with E-state index in [-0.39, 0.29) is 10.9 Å². The Morgan fingerprint density at radius 3 is 2.36 bits per heavy atom. The number of rotatable bonds is 4. The van der Waals surface area contributed by atoms with Crippen molar-refractivity contribution in [3.63, 3.8) is 0 Å². The molecule has 0 saturated heterocycles. The predicted octanol–water partition coefficient (Wildman–Crippen LogP) is 1.98. The summed E-state index contributed by atoms with van der Waals surface area (Å²) in [4.78, 5) is 2.25. The first kappa shape index (κ1) is 8.88. The van der Waals surface area contributed by atoms with E-state index < -0.39 is 0 Å². The van der Waals surface area contributed by atoms with Crippen LogP contribution in [0.15, 0.2) is 23.0 Å². The van der Waals surface area contributed by atoms with Gasteiger partial charge in [0, 0.05) is 0 Å². The molecular formula is C9H17NS. The largest absolute Gasteiger partial charge is 0.309 e. The SMILES string of the molecule is CN(C)CCC[SH]1C=CC=C1. The van der Waals surface area contributed by atoms with Crippen LogP contribution in [-0.4, -0.2) is 31.3 Å². The molecule has 1 aliphatic heterocycles. The lowest BCUT2D eigenvalue weighted by atomic mass is 10.5. The number of hydrogen-bond donors (Lipinski definition) is 1. The van der Waals surface area contributed by atoms with Gasteiger partial charge >= 0.3 is 0 Å². The molecule has 0 unspecified atom stereocenters. The highest BCUT2D eigenvalue weighted by atomic mass is 32.2. The second-order valence-corrected chi connectivity index (χ2v) is 5.15. The van der Waals surface area contributed by atoms with Crippen molar-refractivity contribution >= 4 is 10.9 Å². The Balaban J connectivity index is 2.03. The molecule has 1 heterocycles. The highest BCUT2D eigenvalue weighted by Crippen LogP contribution is 2.32. The van der Waals surface area contributed by atoms with Crippen molar-refractivity contribution in [1.29, 1.82) is 0 Å². The molecular weight excluding hydrogens is 154 g/mol. The number of allylic oxidation sites excluding steroid dienone is 2. The molecule has 11 heavy (non-hydrogen) atoms. The first-order valence-corrected chi connectivity index (χ1v) is 5.71. The molecule has 0 fully saturated rings. The highest BCUT2D eigenvalue weighted by molar-refractivity contribution is 8.22. The minimum atomic E-state index is 0.136. The van der Waals surface area contributed by atoms with Crippen molar-refractivity contribution in [3.8, 4) is 0 Å². The molecule has 0 aromatic carbocycles. The van der Waals surface area contributed by atoms with Crippen LogP contribution in [0.25, 0.3) is 0 Å². The summed E-state index contributed by atoms with van der Waals surface area (Å²) in [6.07, 6.45) is 5.66. The van der Waals surface area contributed by atoms with Crippen LogP contribution in [-0.2, 0) is 0 Å². The maximum absolute atomic E-state index is 2.34. The fourth-order valence-corrected chi connectivity index (χ4v) is 2.63. The second kappa shape index (κ2) is 4.62. The molecule has 1 nitrogen and oxygen atoms in total. The maximum atomic E-state index is 2.34. The first-order valence-electron chi connectivity index (χ1n) is 4.04. The van der Waals surface area contributed by atoms with E-state index in [1.165, 1.54) is 18.7 Å². The van der Waals surface area contributed by atoms with Crippen LogP contribution >= 0.6 is 10.9 Å². The molecule has 1 aliphatic rings. The summed E-state index contributed by atoms with van der Waals surface area (Å²) in [5.41, 5.74) is 0. The molecule has 64 valence electrons. The average Bonchev–Trinajstić information content (AvgIpc) is 2.39. The summed E-state index contributed by atoms with van der Waals surface area (Å²) in [6.45, 7) is 1.22. The monoisotopic (exact) mass is 171 g/mol. The fraction of sp³-hybridized carbons (Fsp3) is 0.556. The smallest absolute Gasteiger partial charge is 0.00174 e. The fourth-order valence-electron chi connectivity index (χ4n) is 1.09. The number of thiol groups is 1. The Labute approximate surface area is 72.1 Å². The molecule has 0 bridgehead atoms. The summed E-state index contributed by atoms with van der Waals surface area (Å²) >= 11 is 0. The topological polar surface area (TPSA) is 3.24 Å². The maximum Gasteiger partial charge on any atom is -0.00174 e. The van der Waals surface area contributed by atoms with E-state index in [9.17, 15) is 0 Å². The van der Waals surface area contributed by atoms with E-state index in [1.54, 1.807) is 0 Å². The molecule has 2 heteroatoms. The molecule has 0 saturated carbocycles. The van der Waals surface area contributed by atoms with Gasteiger partial charge in [-0.1, -0.05) is 12.2 Å². The van der Waals surface area contributed by atoms with Crippen LogP contribution in [0.5, 0.6) is 0 Å². The Morgan fingerprint density at radius 1 is 1.18 bits per heavy atom. The van der Waals surface area contributed by atoms with Crippen LogP contribution in [0, 0.1) is 0 Å². The summed E-state index contributed by atoms with van der Waals surface area (Å²) in [7, 11) is 4.40. The van der Waals surface area contributed by atoms with Gasteiger partial charge in [-0.25, -0.2) is 10.9 Å². The normalized spacial score (nSPS) is 18.6. The second-order valence-electron chi connectivity index (χ2n) is 3.08. The lowest BCUT2D eigenvalue weighted by molar-refractivity contribution is 0.410. The Morgan fingerprint density at radius 2 is 1.82 bits per heavy atom. The van der Waals surface area contributed by atoms with Gasteiger partial charge in [0.2, 0.25) is 0 Å². The summed E-state index contributed by atoms with van der Waals surface area (Å²) < 4.78 is 0. The van der Waals surface area contributed by atoms with Gasteiger partial charge < -0.3 is 4.90 Å². The summed E-state index contributed by atoms with van der Waals surface area (Å²) in [5.74, 6) is 1.36. The molecule has 1 rings (SSSR count). The quantitative estimate of drug-likeness (QED) is 0.633. The zero-order valence-corrected chi connectivity index (χ0v) is 8.22. The van der Waals surface area contributed by atoms with Gasteiger partial charge in [0.1, 0.15) is 0 Å². The van der Waals surface area contributed by atoms with E-state index in [2.05, 4.69) is 42.0 Å². The third kappa shape index (κ3) is 3.63. The van der Waals surface area contributed by atoms with Crippen LogP contribution in [0.4, 0.5) is 0 Å². The third-order valence-electron chi connectivity index (χ3n) is 1.69. The minimum absolute atomic E-state index is 0.136. The van der Waals surface area contributed by atoms with Gasteiger partial charge in [-0.05, 0) is 43.6 Å². The van der Waals surface area contributed by atoms with Gasteiger partial charge in [0.25, 0.3) is 0 Å². The van der Waals surface area contributed by atoms with Crippen molar-refractivity contribution in [1.82, 2.24) is 4.90 Å². The van der Waals surface area contributed by atoms with Gasteiger partial charge in [-0.2, -0.15) is 0 Å². The van der Waals surface area contributed by atoms with E-state index >= 15 is 0 Å². The van der Waals surface area contributed by atoms with E-state index in [4.69, 9.17) is 0 Å². The number of hydrogen-bond acceptors (Lipinski definition) is 1. The molecule has 0 atom stereocenters. The highest BCUT2D eigenvalue weighted by Gasteiger charge is 1.98. The first-order chi connectivity index (χ1) is 5.29. The molecule has 0 aliphatic carbocycles. The van der Waals surface area contributed by atoms with Gasteiger partial charge in [0.05, 0.1) is 0 Å². The standard InChI is InChI=1S/C9H17NS/c1-10(2)6-5-9-11-7-3-4-8-11/h3-4,7-8,11H,5-6,9H2,1-2H3. The van der Waals surface area contributed by atoms with Crippen molar-refractivity contribution in [2.24, 2.45) is 0 Å². The molecule has 0 spiro atoms. The molecule has 0 aromatic rings. The molecule has 0 N–H and O–H groups in total. The Bertz CT molecular complexity index is 149. The average molecular weight is 171 g/mol. The predicted molar refractivity (Wildman–Crippen MR) is 55.3 cm³/mol. The zero-order valence-electron chi connectivity index (χ0n) is 7.33. The van der Waals surface area contributed by atoms with Crippen LogP contribution in [0.3, 0.4) is 0 Å². The van der Waals surface area contributed by atoms with Gasteiger partial charge in [-0.3, -0.25) is 0 Å². The number of nitrogens with zero attached hydrogens (tertiary/aromatic N) is 1. The molecule has 0 amide bonds. The summed E-state index contributed by atoms with van der Waals surface area (Å²) in [6, 6.07) is 0. The van der Waals surface area contributed by atoms with Crippen LogP contribution in [0.2, 0.25) is 0 Å². The van der Waals surface area contributed by atoms with Gasteiger partial charge in [0.15, 0.2) is 0 Å². The molecule has 0 radical (unpaired) electrons. The van der Waals surface area contributed by atoms with E-state index in [0.717, 1.165) is 0 Å². The van der Waals surface area contributed by atoms with E-state index in [0.29, 0.717) is 0 Å². The van der Waals surface area contributed by atoms with E-state index in [1.807, 2.05) is 0 Å². The van der Waals surface area contributed by atoms with Crippen molar-refractivity contribution in [2.45, 2.75) is 6.42 Å². The van der Waals surface area contributed by atoms with Gasteiger partial charge in [-0.15, -0.1) is 0 Å². The lowest BCUT2D eigenvalue weighted by Crippen LogP contribution is -2.13. The molecule has 0 aromatic heterocycles. The van der Waals surface area contributed by atoms with Crippen LogP contribution in [0.1, 0.15) is 6.42 Å².